The maximum atomic E-state index is 13.1. The second-order valence-corrected chi connectivity index (χ2v) is 14.1. The molecule has 2 aliphatic rings. The van der Waals surface area contributed by atoms with E-state index in [9.17, 15) is 18.0 Å². The summed E-state index contributed by atoms with van der Waals surface area (Å²) in [5.41, 5.74) is 1.41. The maximum Gasteiger partial charge on any atom is 0.306 e. The molecule has 1 spiro atoms. The van der Waals surface area contributed by atoms with Gasteiger partial charge in [0.2, 0.25) is 10.0 Å². The molecule has 2 heterocycles. The van der Waals surface area contributed by atoms with Crippen LogP contribution in [-0.4, -0.2) is 60.4 Å². The van der Waals surface area contributed by atoms with Crippen LogP contribution in [0, 0.1) is 12.3 Å². The van der Waals surface area contributed by atoms with E-state index in [0.717, 1.165) is 16.7 Å². The highest BCUT2D eigenvalue weighted by atomic mass is 32.2. The molecular weight excluding hydrogens is 478 g/mol. The van der Waals surface area contributed by atoms with Crippen LogP contribution in [-0.2, 0) is 37.2 Å². The Hall–Kier alpha value is -2.26. The zero-order chi connectivity index (χ0) is 26.9. The van der Waals surface area contributed by atoms with Crippen molar-refractivity contribution in [2.45, 2.75) is 91.7 Å². The number of aliphatic imine (C=N–C) groups is 1. The van der Waals surface area contributed by atoms with Gasteiger partial charge in [-0.2, -0.15) is 0 Å². The van der Waals surface area contributed by atoms with Gasteiger partial charge in [-0.05, 0) is 70.1 Å². The number of esters is 1. The minimum Gasteiger partial charge on any atom is -0.460 e. The monoisotopic (exact) mass is 519 g/mol. The van der Waals surface area contributed by atoms with Gasteiger partial charge in [0.15, 0.2) is 0 Å². The predicted molar refractivity (Wildman–Crippen MR) is 141 cm³/mol. The fourth-order valence-electron chi connectivity index (χ4n) is 4.55. The number of amides is 1. The summed E-state index contributed by atoms with van der Waals surface area (Å²) in [6, 6.07) is 5.92. The van der Waals surface area contributed by atoms with Crippen molar-refractivity contribution < 1.29 is 22.7 Å². The van der Waals surface area contributed by atoms with Gasteiger partial charge in [-0.25, -0.2) is 12.7 Å². The van der Waals surface area contributed by atoms with Crippen molar-refractivity contribution in [1.29, 1.82) is 0 Å². The number of carbonyl (C=O) groups excluding carboxylic acids is 2. The number of hydrogen-bond donors (Lipinski definition) is 1. The molecule has 1 amide bonds. The van der Waals surface area contributed by atoms with Crippen LogP contribution >= 0.6 is 0 Å². The average molecular weight is 520 g/mol. The minimum absolute atomic E-state index is 0.0147. The molecule has 0 atom stereocenters. The number of nitrogens with zero attached hydrogens (tertiary/aromatic N) is 2. The van der Waals surface area contributed by atoms with Gasteiger partial charge < -0.3 is 10.1 Å². The minimum atomic E-state index is -3.46. The van der Waals surface area contributed by atoms with Gasteiger partial charge >= 0.3 is 5.97 Å². The van der Waals surface area contributed by atoms with E-state index in [-0.39, 0.29) is 23.0 Å². The largest absolute Gasteiger partial charge is 0.460 e. The lowest BCUT2D eigenvalue weighted by molar-refractivity contribution is -0.154. The number of ether oxygens (including phenoxy) is 1. The summed E-state index contributed by atoms with van der Waals surface area (Å²) in [5.74, 6) is 0.343. The van der Waals surface area contributed by atoms with Crippen LogP contribution in [0.4, 0.5) is 0 Å². The summed E-state index contributed by atoms with van der Waals surface area (Å²) < 4.78 is 33.0. The number of piperidine rings is 1. The first-order valence-electron chi connectivity index (χ1n) is 12.7. The molecule has 36 heavy (non-hydrogen) atoms. The van der Waals surface area contributed by atoms with Crippen LogP contribution in [0.2, 0.25) is 0 Å². The Morgan fingerprint density at radius 1 is 1.11 bits per heavy atom. The number of aryl methyl sites for hydroxylation is 3. The third-order valence-corrected chi connectivity index (χ3v) is 8.58. The fourth-order valence-corrected chi connectivity index (χ4v) is 6.02. The highest BCUT2D eigenvalue weighted by Gasteiger charge is 2.48. The molecule has 2 aliphatic heterocycles. The molecule has 0 radical (unpaired) electrons. The van der Waals surface area contributed by atoms with E-state index in [0.29, 0.717) is 51.0 Å². The zero-order valence-electron chi connectivity index (χ0n) is 22.7. The lowest BCUT2D eigenvalue weighted by Crippen LogP contribution is -2.51. The van der Waals surface area contributed by atoms with E-state index in [2.05, 4.69) is 5.32 Å². The van der Waals surface area contributed by atoms with Gasteiger partial charge in [0.25, 0.3) is 5.91 Å². The van der Waals surface area contributed by atoms with Crippen molar-refractivity contribution >= 4 is 27.7 Å². The van der Waals surface area contributed by atoms with Crippen molar-refractivity contribution in [3.8, 4) is 0 Å². The number of carbonyl (C=O) groups is 2. The van der Waals surface area contributed by atoms with E-state index in [1.54, 1.807) is 0 Å². The Morgan fingerprint density at radius 2 is 1.75 bits per heavy atom. The zero-order valence-corrected chi connectivity index (χ0v) is 23.5. The average Bonchev–Trinajstić information content (AvgIpc) is 3.07. The molecule has 8 nitrogen and oxygen atoms in total. The standard InChI is InChI=1S/C27H41N3O5S/c1-19-18-20(9-11-22(31)35-26(5,6)7)8-10-21(19)12-17-36(33,34)30-15-13-27(14-16-30)24(32)28-23(29-27)25(2,3)4/h8,10,18H,9,11-17H2,1-7H3,(H,28,29,32). The number of rotatable bonds is 7. The second kappa shape index (κ2) is 10.2. The van der Waals surface area contributed by atoms with Gasteiger partial charge in [0.1, 0.15) is 17.0 Å². The lowest BCUT2D eigenvalue weighted by Gasteiger charge is -2.34. The Morgan fingerprint density at radius 3 is 2.28 bits per heavy atom. The third kappa shape index (κ3) is 6.94. The van der Waals surface area contributed by atoms with Gasteiger partial charge in [0, 0.05) is 24.9 Å². The number of benzene rings is 1. The first kappa shape index (κ1) is 28.3. The lowest BCUT2D eigenvalue weighted by atomic mass is 9.89. The van der Waals surface area contributed by atoms with E-state index >= 15 is 0 Å². The summed E-state index contributed by atoms with van der Waals surface area (Å²) >= 11 is 0. The SMILES string of the molecule is Cc1cc(CCC(=O)OC(C)(C)C)ccc1CCS(=O)(=O)N1CCC2(CC1)N=C(C(C)(C)C)NC2=O. The van der Waals surface area contributed by atoms with Crippen molar-refractivity contribution in [3.05, 3.63) is 34.9 Å². The molecule has 3 rings (SSSR count). The van der Waals surface area contributed by atoms with E-state index in [1.165, 1.54) is 4.31 Å². The summed E-state index contributed by atoms with van der Waals surface area (Å²) in [6.45, 7) is 14.1. The van der Waals surface area contributed by atoms with E-state index in [4.69, 9.17) is 9.73 Å². The molecule has 1 N–H and O–H groups in total. The summed E-state index contributed by atoms with van der Waals surface area (Å²) in [4.78, 5) is 29.4. The smallest absolute Gasteiger partial charge is 0.306 e. The Balaban J connectivity index is 1.55. The molecule has 1 fully saturated rings. The van der Waals surface area contributed by atoms with E-state index in [1.807, 2.05) is 66.7 Å². The normalized spacial score (nSPS) is 18.8. The van der Waals surface area contributed by atoms with Gasteiger partial charge in [0.05, 0.1) is 5.75 Å². The molecule has 1 saturated heterocycles. The number of amidine groups is 1. The molecule has 0 aromatic heterocycles. The van der Waals surface area contributed by atoms with Gasteiger partial charge in [-0.3, -0.25) is 14.6 Å². The summed E-state index contributed by atoms with van der Waals surface area (Å²) in [7, 11) is -3.46. The Kier molecular flexibility index (Phi) is 8.06. The first-order chi connectivity index (χ1) is 16.5. The van der Waals surface area contributed by atoms with Crippen LogP contribution in [0.5, 0.6) is 0 Å². The fraction of sp³-hybridized carbons (Fsp3) is 0.667. The Labute approximate surface area is 215 Å². The number of nitrogens with one attached hydrogen (secondary N) is 1. The molecule has 9 heteroatoms. The topological polar surface area (TPSA) is 105 Å². The Bertz CT molecular complexity index is 1130. The predicted octanol–water partition coefficient (Wildman–Crippen LogP) is 3.55. The third-order valence-electron chi connectivity index (χ3n) is 6.71. The maximum absolute atomic E-state index is 13.1. The molecule has 0 bridgehead atoms. The molecule has 0 aliphatic carbocycles. The van der Waals surface area contributed by atoms with Crippen LogP contribution < -0.4 is 5.32 Å². The van der Waals surface area contributed by atoms with Crippen LogP contribution in [0.25, 0.3) is 0 Å². The highest BCUT2D eigenvalue weighted by molar-refractivity contribution is 7.89. The number of hydrogen-bond acceptors (Lipinski definition) is 6. The molecular formula is C27H41N3O5S. The molecule has 1 aromatic rings. The van der Waals surface area contributed by atoms with Crippen LogP contribution in [0.1, 0.15) is 77.5 Å². The molecule has 0 saturated carbocycles. The van der Waals surface area contributed by atoms with Crippen molar-refractivity contribution in [3.63, 3.8) is 0 Å². The number of sulfonamides is 1. The highest BCUT2D eigenvalue weighted by Crippen LogP contribution is 2.34. The molecule has 200 valence electrons. The summed E-state index contributed by atoms with van der Waals surface area (Å²) in [6.07, 6.45) is 2.08. The quantitative estimate of drug-likeness (QED) is 0.555. The van der Waals surface area contributed by atoms with E-state index < -0.39 is 21.2 Å². The van der Waals surface area contributed by atoms with Gasteiger partial charge in [-0.15, -0.1) is 0 Å². The van der Waals surface area contributed by atoms with Crippen molar-refractivity contribution in [1.82, 2.24) is 9.62 Å². The van der Waals surface area contributed by atoms with Crippen molar-refractivity contribution in [2.75, 3.05) is 18.8 Å². The van der Waals surface area contributed by atoms with Crippen LogP contribution in [0.3, 0.4) is 0 Å². The molecule has 1 aromatic carbocycles. The summed E-state index contributed by atoms with van der Waals surface area (Å²) in [5, 5.41) is 2.91. The van der Waals surface area contributed by atoms with Gasteiger partial charge in [-0.1, -0.05) is 39.0 Å². The molecule has 0 unspecified atom stereocenters. The first-order valence-corrected chi connectivity index (χ1v) is 14.3. The van der Waals surface area contributed by atoms with Crippen LogP contribution in [0.15, 0.2) is 23.2 Å². The van der Waals surface area contributed by atoms with Crippen molar-refractivity contribution in [2.24, 2.45) is 10.4 Å². The second-order valence-electron chi connectivity index (χ2n) is 12.0.